The molecule has 0 fully saturated rings. The summed E-state index contributed by atoms with van der Waals surface area (Å²) >= 11 is 4.29. The monoisotopic (exact) mass is 531 g/mol. The molecule has 9 heteroatoms. The number of ether oxygens (including phenoxy) is 1. The highest BCUT2D eigenvalue weighted by atomic mass is 79.9. The predicted octanol–water partition coefficient (Wildman–Crippen LogP) is 5.89. The summed E-state index contributed by atoms with van der Waals surface area (Å²) < 4.78 is 5.54. The van der Waals surface area contributed by atoms with Crippen molar-refractivity contribution in [1.82, 2.24) is 0 Å². The smallest absolute Gasteiger partial charge is 0.349 e. The number of halogens is 1. The van der Waals surface area contributed by atoms with Crippen molar-refractivity contribution in [2.45, 2.75) is 26.2 Å². The number of carboxylic acid groups (broad SMARTS) is 2. The first-order chi connectivity index (χ1) is 15.5. The minimum atomic E-state index is -1.21. The number of hydrogen-bond acceptors (Lipinski definition) is 5. The van der Waals surface area contributed by atoms with Crippen molar-refractivity contribution < 1.29 is 29.3 Å². The van der Waals surface area contributed by atoms with Gasteiger partial charge in [0.25, 0.3) is 5.91 Å². The molecule has 3 rings (SSSR count). The maximum atomic E-state index is 12.6. The van der Waals surface area contributed by atoms with Crippen LogP contribution in [-0.4, -0.2) is 34.7 Å². The number of carboxylic acids is 2. The number of aromatic carboxylic acids is 1. The summed E-state index contributed by atoms with van der Waals surface area (Å²) in [6.45, 7) is 5.67. The molecule has 33 heavy (non-hydrogen) atoms. The topological polar surface area (TPSA) is 113 Å². The quantitative estimate of drug-likeness (QED) is 0.350. The van der Waals surface area contributed by atoms with E-state index in [9.17, 15) is 19.5 Å². The first-order valence-electron chi connectivity index (χ1n) is 9.90. The zero-order chi connectivity index (χ0) is 24.3. The zero-order valence-corrected chi connectivity index (χ0v) is 20.5. The molecule has 0 atom stereocenters. The molecule has 1 aromatic heterocycles. The minimum absolute atomic E-state index is 0.0000623. The van der Waals surface area contributed by atoms with Crippen molar-refractivity contribution in [3.8, 4) is 16.2 Å². The van der Waals surface area contributed by atoms with E-state index in [4.69, 9.17) is 9.84 Å². The lowest BCUT2D eigenvalue weighted by molar-refractivity contribution is -0.139. The molecule has 0 aliphatic rings. The van der Waals surface area contributed by atoms with Gasteiger partial charge in [0.15, 0.2) is 17.2 Å². The summed E-state index contributed by atoms with van der Waals surface area (Å²) in [6.07, 6.45) is 0. The molecule has 172 valence electrons. The van der Waals surface area contributed by atoms with E-state index in [2.05, 4.69) is 42.0 Å². The van der Waals surface area contributed by atoms with Crippen LogP contribution in [0.1, 0.15) is 46.4 Å². The Morgan fingerprint density at radius 1 is 1.00 bits per heavy atom. The molecule has 0 radical (unpaired) electrons. The molecule has 0 bridgehead atoms. The highest BCUT2D eigenvalue weighted by molar-refractivity contribution is 9.10. The third-order valence-corrected chi connectivity index (χ3v) is 6.99. The van der Waals surface area contributed by atoms with Gasteiger partial charge in [0.05, 0.1) is 9.35 Å². The molecule has 0 aliphatic carbocycles. The third-order valence-electron chi connectivity index (χ3n) is 4.76. The van der Waals surface area contributed by atoms with E-state index >= 15 is 0 Å². The number of carbonyl (C=O) groups excluding carboxylic acids is 1. The lowest BCUT2D eigenvalue weighted by Crippen LogP contribution is -2.14. The van der Waals surface area contributed by atoms with E-state index in [0.717, 1.165) is 16.9 Å². The summed E-state index contributed by atoms with van der Waals surface area (Å²) in [5.74, 6) is -2.69. The fourth-order valence-electron chi connectivity index (χ4n) is 3.02. The van der Waals surface area contributed by atoms with Gasteiger partial charge in [0.2, 0.25) is 0 Å². The molecule has 0 saturated heterocycles. The second-order valence-electron chi connectivity index (χ2n) is 8.25. The van der Waals surface area contributed by atoms with Crippen LogP contribution < -0.4 is 10.1 Å². The maximum absolute atomic E-state index is 12.6. The van der Waals surface area contributed by atoms with Gasteiger partial charge in [-0.15, -0.1) is 11.3 Å². The Kier molecular flexibility index (Phi) is 7.24. The van der Waals surface area contributed by atoms with E-state index in [-0.39, 0.29) is 21.9 Å². The summed E-state index contributed by atoms with van der Waals surface area (Å²) in [5.41, 5.74) is 2.95. The first-order valence-corrected chi connectivity index (χ1v) is 11.5. The highest BCUT2D eigenvalue weighted by Gasteiger charge is 2.24. The minimum Gasteiger partial charge on any atom is -0.479 e. The van der Waals surface area contributed by atoms with Gasteiger partial charge in [-0.05, 0) is 56.7 Å². The van der Waals surface area contributed by atoms with Crippen LogP contribution in [-0.2, 0) is 10.2 Å². The van der Waals surface area contributed by atoms with Crippen molar-refractivity contribution in [3.05, 3.63) is 69.0 Å². The van der Waals surface area contributed by atoms with Gasteiger partial charge in [-0.25, -0.2) is 9.59 Å². The van der Waals surface area contributed by atoms with Crippen LogP contribution in [0.3, 0.4) is 0 Å². The standard InChI is InChI=1S/C24H22BrNO6S/c1-24(2,3)15-8-4-14(5-9-15)22(29)26-16-10-6-13(7-11-16)20-18(25)19(32-12-17(27)28)21(33-20)23(30)31/h4-11H,12H2,1-3H3,(H,26,29)(H,27,28)(H,30,31). The van der Waals surface area contributed by atoms with Crippen LogP contribution in [0.2, 0.25) is 0 Å². The van der Waals surface area contributed by atoms with Gasteiger partial charge in [-0.2, -0.15) is 0 Å². The molecule has 2 aromatic carbocycles. The van der Waals surface area contributed by atoms with Gasteiger partial charge in [-0.3, -0.25) is 4.79 Å². The van der Waals surface area contributed by atoms with Crippen LogP contribution in [0, 0.1) is 0 Å². The van der Waals surface area contributed by atoms with Gasteiger partial charge in [0.1, 0.15) is 0 Å². The van der Waals surface area contributed by atoms with E-state index in [1.807, 2.05) is 12.1 Å². The Hall–Kier alpha value is -3.17. The molecule has 0 aliphatic heterocycles. The molecule has 0 unspecified atom stereocenters. The maximum Gasteiger partial charge on any atom is 0.349 e. The van der Waals surface area contributed by atoms with Gasteiger partial charge >= 0.3 is 11.9 Å². The molecule has 1 amide bonds. The predicted molar refractivity (Wildman–Crippen MR) is 131 cm³/mol. The first kappa shape index (κ1) is 24.5. The number of hydrogen-bond donors (Lipinski definition) is 3. The van der Waals surface area contributed by atoms with Gasteiger partial charge in [-0.1, -0.05) is 45.0 Å². The van der Waals surface area contributed by atoms with Crippen molar-refractivity contribution in [2.75, 3.05) is 11.9 Å². The van der Waals surface area contributed by atoms with E-state index in [0.29, 0.717) is 26.2 Å². The highest BCUT2D eigenvalue weighted by Crippen LogP contribution is 2.45. The van der Waals surface area contributed by atoms with Crippen LogP contribution in [0.4, 0.5) is 5.69 Å². The molecule has 1 heterocycles. The number of carbonyl (C=O) groups is 3. The number of aliphatic carboxylic acids is 1. The van der Waals surface area contributed by atoms with Crippen molar-refractivity contribution in [2.24, 2.45) is 0 Å². The number of thiophene rings is 1. The Bertz CT molecular complexity index is 1190. The van der Waals surface area contributed by atoms with Crippen LogP contribution in [0.15, 0.2) is 53.0 Å². The number of nitrogens with one attached hydrogen (secondary N) is 1. The molecule has 0 saturated carbocycles. The number of benzene rings is 2. The summed E-state index contributed by atoms with van der Waals surface area (Å²) in [7, 11) is 0. The van der Waals surface area contributed by atoms with E-state index < -0.39 is 18.5 Å². The van der Waals surface area contributed by atoms with Gasteiger partial charge < -0.3 is 20.3 Å². The Morgan fingerprint density at radius 3 is 2.12 bits per heavy atom. The second kappa shape index (κ2) is 9.76. The van der Waals surface area contributed by atoms with Crippen molar-refractivity contribution in [3.63, 3.8) is 0 Å². The largest absolute Gasteiger partial charge is 0.479 e. The molecule has 7 nitrogen and oxygen atoms in total. The lowest BCUT2D eigenvalue weighted by Gasteiger charge is -2.19. The molecular formula is C24H22BrNO6S. The number of anilines is 1. The fraction of sp³-hybridized carbons (Fsp3) is 0.208. The van der Waals surface area contributed by atoms with Gasteiger partial charge in [0, 0.05) is 11.3 Å². The zero-order valence-electron chi connectivity index (χ0n) is 18.1. The summed E-state index contributed by atoms with van der Waals surface area (Å²) in [6, 6.07) is 14.4. The Morgan fingerprint density at radius 2 is 1.61 bits per heavy atom. The summed E-state index contributed by atoms with van der Waals surface area (Å²) in [4.78, 5) is 35.4. The molecular weight excluding hydrogens is 510 g/mol. The van der Waals surface area contributed by atoms with E-state index in [1.54, 1.807) is 36.4 Å². The SMILES string of the molecule is CC(C)(C)c1ccc(C(=O)Nc2ccc(-c3sc(C(=O)O)c(OCC(=O)O)c3Br)cc2)cc1. The second-order valence-corrected chi connectivity index (χ2v) is 10.1. The molecule has 3 N–H and O–H groups in total. The van der Waals surface area contributed by atoms with Crippen LogP contribution in [0.5, 0.6) is 5.75 Å². The molecule has 3 aromatic rings. The van der Waals surface area contributed by atoms with Crippen molar-refractivity contribution in [1.29, 1.82) is 0 Å². The Labute approximate surface area is 203 Å². The lowest BCUT2D eigenvalue weighted by atomic mass is 9.87. The summed E-state index contributed by atoms with van der Waals surface area (Å²) in [5, 5.41) is 21.1. The number of rotatable bonds is 7. The third kappa shape index (κ3) is 5.80. The number of amides is 1. The normalized spacial score (nSPS) is 11.2. The van der Waals surface area contributed by atoms with Crippen molar-refractivity contribution >= 4 is 50.8 Å². The van der Waals surface area contributed by atoms with E-state index in [1.165, 1.54) is 0 Å². The Balaban J connectivity index is 1.79. The van der Waals surface area contributed by atoms with Crippen LogP contribution in [0.25, 0.3) is 10.4 Å². The van der Waals surface area contributed by atoms with Crippen LogP contribution >= 0.6 is 27.3 Å². The average molecular weight is 532 g/mol. The fourth-order valence-corrected chi connectivity index (χ4v) is 4.91. The molecule has 0 spiro atoms. The average Bonchev–Trinajstić information content (AvgIpc) is 3.08.